The molecule has 2 saturated heterocycles. The Morgan fingerprint density at radius 1 is 0.964 bits per heavy atom. The summed E-state index contributed by atoms with van der Waals surface area (Å²) in [6.07, 6.45) is -0.587. The smallest absolute Gasteiger partial charge is 0.264 e. The highest BCUT2D eigenvalue weighted by molar-refractivity contribution is 7.12. The summed E-state index contributed by atoms with van der Waals surface area (Å²) >= 11 is 7.35. The summed E-state index contributed by atoms with van der Waals surface area (Å²) in [5, 5.41) is 13.0. The van der Waals surface area contributed by atoms with Crippen LogP contribution in [0.5, 0.6) is 0 Å². The zero-order valence-electron chi connectivity index (χ0n) is 15.3. The third kappa shape index (κ3) is 3.93. The second kappa shape index (κ2) is 8.21. The lowest BCUT2D eigenvalue weighted by molar-refractivity contribution is 0.0379. The summed E-state index contributed by atoms with van der Waals surface area (Å²) in [6, 6.07) is 10.4. The molecular formula is C20H22ClN3O3S. The van der Waals surface area contributed by atoms with Gasteiger partial charge >= 0.3 is 0 Å². The van der Waals surface area contributed by atoms with Crippen LogP contribution in [0, 0.1) is 0 Å². The molecule has 28 heavy (non-hydrogen) atoms. The molecule has 0 spiro atoms. The molecule has 2 atom stereocenters. The molecule has 2 unspecified atom stereocenters. The first kappa shape index (κ1) is 19.4. The van der Waals surface area contributed by atoms with Crippen LogP contribution >= 0.6 is 22.9 Å². The number of rotatable bonds is 3. The summed E-state index contributed by atoms with van der Waals surface area (Å²) in [5.74, 6) is -0.0223. The second-order valence-electron chi connectivity index (χ2n) is 7.16. The number of aliphatic hydroxyl groups excluding tert-OH is 1. The number of nitrogens with zero attached hydrogens (tertiary/aromatic N) is 3. The van der Waals surface area contributed by atoms with Crippen LogP contribution < -0.4 is 0 Å². The van der Waals surface area contributed by atoms with Crippen LogP contribution in [-0.4, -0.2) is 83.0 Å². The van der Waals surface area contributed by atoms with Crippen molar-refractivity contribution in [2.24, 2.45) is 0 Å². The van der Waals surface area contributed by atoms with E-state index in [1.54, 1.807) is 29.2 Å². The van der Waals surface area contributed by atoms with Crippen molar-refractivity contribution in [3.63, 3.8) is 0 Å². The molecule has 2 aliphatic heterocycles. The van der Waals surface area contributed by atoms with Crippen molar-refractivity contribution >= 4 is 34.8 Å². The SMILES string of the molecule is O=C(c1ccc(Cl)cc1)N1CC(O)C(N2CCN(C(=O)c3cccs3)CC2)C1. The number of likely N-dealkylation sites (tertiary alicyclic amines) is 1. The molecule has 4 rings (SSSR count). The Morgan fingerprint density at radius 3 is 2.32 bits per heavy atom. The summed E-state index contributed by atoms with van der Waals surface area (Å²) in [7, 11) is 0. The van der Waals surface area contributed by atoms with Gasteiger partial charge in [0.2, 0.25) is 0 Å². The number of aliphatic hydroxyl groups is 1. The molecule has 0 radical (unpaired) electrons. The van der Waals surface area contributed by atoms with Crippen LogP contribution in [-0.2, 0) is 0 Å². The number of carbonyl (C=O) groups excluding carboxylic acids is 2. The maximum atomic E-state index is 12.7. The molecule has 2 fully saturated rings. The third-order valence-corrected chi connectivity index (χ3v) is 6.55. The Bertz CT molecular complexity index is 835. The maximum absolute atomic E-state index is 12.7. The zero-order valence-corrected chi connectivity index (χ0v) is 16.9. The molecule has 1 aromatic carbocycles. The lowest BCUT2D eigenvalue weighted by atomic mass is 10.1. The van der Waals surface area contributed by atoms with Gasteiger partial charge in [0.1, 0.15) is 0 Å². The highest BCUT2D eigenvalue weighted by Gasteiger charge is 2.39. The molecule has 8 heteroatoms. The molecule has 2 amide bonds. The van der Waals surface area contributed by atoms with E-state index in [4.69, 9.17) is 11.6 Å². The van der Waals surface area contributed by atoms with Gasteiger partial charge < -0.3 is 14.9 Å². The lowest BCUT2D eigenvalue weighted by Gasteiger charge is -2.38. The number of benzene rings is 1. The first-order chi connectivity index (χ1) is 13.5. The van der Waals surface area contributed by atoms with E-state index in [1.807, 2.05) is 22.4 Å². The Balaban J connectivity index is 1.35. The van der Waals surface area contributed by atoms with Gasteiger partial charge in [-0.05, 0) is 35.7 Å². The van der Waals surface area contributed by atoms with E-state index in [1.165, 1.54) is 11.3 Å². The minimum Gasteiger partial charge on any atom is -0.390 e. The van der Waals surface area contributed by atoms with Crippen LogP contribution in [0.2, 0.25) is 5.02 Å². The molecule has 0 saturated carbocycles. The molecule has 0 bridgehead atoms. The number of thiophene rings is 1. The van der Waals surface area contributed by atoms with Crippen molar-refractivity contribution in [3.05, 3.63) is 57.2 Å². The Kier molecular flexibility index (Phi) is 5.68. The summed E-state index contributed by atoms with van der Waals surface area (Å²) in [5.41, 5.74) is 0.573. The van der Waals surface area contributed by atoms with Crippen molar-refractivity contribution in [2.75, 3.05) is 39.3 Å². The number of hydrogen-bond donors (Lipinski definition) is 1. The lowest BCUT2D eigenvalue weighted by Crippen LogP contribution is -2.54. The minimum absolute atomic E-state index is 0.0705. The van der Waals surface area contributed by atoms with Gasteiger partial charge in [-0.2, -0.15) is 0 Å². The number of piperazine rings is 1. The molecule has 148 valence electrons. The average Bonchev–Trinajstić information content (AvgIpc) is 3.38. The summed E-state index contributed by atoms with van der Waals surface area (Å²) < 4.78 is 0. The maximum Gasteiger partial charge on any atom is 0.264 e. The van der Waals surface area contributed by atoms with Crippen molar-refractivity contribution in [1.82, 2.24) is 14.7 Å². The van der Waals surface area contributed by atoms with Crippen molar-refractivity contribution in [2.45, 2.75) is 12.1 Å². The third-order valence-electron chi connectivity index (χ3n) is 5.44. The van der Waals surface area contributed by atoms with Crippen LogP contribution in [0.15, 0.2) is 41.8 Å². The first-order valence-electron chi connectivity index (χ1n) is 9.32. The molecule has 2 aromatic rings. The largest absolute Gasteiger partial charge is 0.390 e. The monoisotopic (exact) mass is 419 g/mol. The summed E-state index contributed by atoms with van der Waals surface area (Å²) in [4.78, 5) is 31.7. The van der Waals surface area contributed by atoms with E-state index >= 15 is 0 Å². The van der Waals surface area contributed by atoms with Crippen LogP contribution in [0.25, 0.3) is 0 Å². The molecule has 0 aliphatic carbocycles. The quantitative estimate of drug-likeness (QED) is 0.827. The van der Waals surface area contributed by atoms with E-state index in [0.717, 1.165) is 4.88 Å². The van der Waals surface area contributed by atoms with Gasteiger partial charge in [0, 0.05) is 49.9 Å². The normalized spacial score (nSPS) is 23.2. The molecular weight excluding hydrogens is 398 g/mol. The number of carbonyl (C=O) groups is 2. The number of amides is 2. The van der Waals surface area contributed by atoms with E-state index in [-0.39, 0.29) is 17.9 Å². The van der Waals surface area contributed by atoms with E-state index in [0.29, 0.717) is 49.9 Å². The highest BCUT2D eigenvalue weighted by Crippen LogP contribution is 2.22. The van der Waals surface area contributed by atoms with Gasteiger partial charge in [-0.15, -0.1) is 11.3 Å². The van der Waals surface area contributed by atoms with E-state index in [2.05, 4.69) is 4.90 Å². The fourth-order valence-electron chi connectivity index (χ4n) is 3.88. The Hall–Kier alpha value is -1.93. The van der Waals surface area contributed by atoms with E-state index < -0.39 is 6.10 Å². The van der Waals surface area contributed by atoms with Crippen LogP contribution in [0.1, 0.15) is 20.0 Å². The first-order valence-corrected chi connectivity index (χ1v) is 10.6. The fourth-order valence-corrected chi connectivity index (χ4v) is 4.70. The van der Waals surface area contributed by atoms with Gasteiger partial charge in [-0.3, -0.25) is 14.5 Å². The van der Waals surface area contributed by atoms with Gasteiger partial charge in [0.15, 0.2) is 0 Å². The molecule has 2 aliphatic rings. The van der Waals surface area contributed by atoms with Gasteiger partial charge in [0.25, 0.3) is 11.8 Å². The predicted octanol–water partition coefficient (Wildman–Crippen LogP) is 2.04. The second-order valence-corrected chi connectivity index (χ2v) is 8.54. The molecule has 1 aromatic heterocycles. The predicted molar refractivity (Wildman–Crippen MR) is 109 cm³/mol. The van der Waals surface area contributed by atoms with Crippen LogP contribution in [0.4, 0.5) is 0 Å². The fraction of sp³-hybridized carbons (Fsp3) is 0.400. The number of β-amino-alcohol motifs (C(OH)–C–C–N with tert-alkyl or cyclic N) is 1. The molecule has 6 nitrogen and oxygen atoms in total. The zero-order chi connectivity index (χ0) is 19.7. The Morgan fingerprint density at radius 2 is 1.68 bits per heavy atom. The molecule has 1 N–H and O–H groups in total. The summed E-state index contributed by atoms with van der Waals surface area (Å²) in [6.45, 7) is 3.46. The van der Waals surface area contributed by atoms with Crippen molar-refractivity contribution in [3.8, 4) is 0 Å². The van der Waals surface area contributed by atoms with Crippen molar-refractivity contribution in [1.29, 1.82) is 0 Å². The van der Waals surface area contributed by atoms with Gasteiger partial charge in [-0.25, -0.2) is 0 Å². The van der Waals surface area contributed by atoms with Crippen molar-refractivity contribution < 1.29 is 14.7 Å². The number of halogens is 1. The van der Waals surface area contributed by atoms with E-state index in [9.17, 15) is 14.7 Å². The molecule has 3 heterocycles. The minimum atomic E-state index is -0.587. The van der Waals surface area contributed by atoms with Crippen LogP contribution in [0.3, 0.4) is 0 Å². The average molecular weight is 420 g/mol. The Labute approximate surface area is 172 Å². The number of hydrogen-bond acceptors (Lipinski definition) is 5. The van der Waals surface area contributed by atoms with Gasteiger partial charge in [-0.1, -0.05) is 17.7 Å². The highest BCUT2D eigenvalue weighted by atomic mass is 35.5. The van der Waals surface area contributed by atoms with Gasteiger partial charge in [0.05, 0.1) is 17.0 Å². The standard InChI is InChI=1S/C20H22ClN3O3S/c21-15-5-3-14(4-6-15)19(26)24-12-16(17(25)13-24)22-7-9-23(10-8-22)20(27)18-2-1-11-28-18/h1-6,11,16-17,25H,7-10,12-13H2. The topological polar surface area (TPSA) is 64.1 Å².